The van der Waals surface area contributed by atoms with E-state index in [2.05, 4.69) is 23.5 Å². The van der Waals surface area contributed by atoms with Gasteiger partial charge in [-0.3, -0.25) is 0 Å². The lowest BCUT2D eigenvalue weighted by Gasteiger charge is -2.26. The van der Waals surface area contributed by atoms with Crippen molar-refractivity contribution in [1.82, 2.24) is 5.32 Å². The monoisotopic (exact) mass is 219 g/mol. The molecule has 2 nitrogen and oxygen atoms in total. The van der Waals surface area contributed by atoms with E-state index >= 15 is 0 Å². The van der Waals surface area contributed by atoms with E-state index in [0.717, 1.165) is 31.4 Å². The van der Waals surface area contributed by atoms with Crippen LogP contribution in [0.5, 0.6) is 5.75 Å². The molecule has 0 spiro atoms. The molecule has 0 radical (unpaired) electrons. The standard InChI is InChI=1S/C14H21NO/c1-2-16-14-8-3-5-12(11-14)9-10-15-13-6-4-7-13/h3,5,8,11,13,15H,2,4,6-7,9-10H2,1H3. The van der Waals surface area contributed by atoms with Crippen molar-refractivity contribution in [2.75, 3.05) is 13.2 Å². The minimum Gasteiger partial charge on any atom is -0.494 e. The van der Waals surface area contributed by atoms with Crippen LogP contribution >= 0.6 is 0 Å². The molecule has 0 atom stereocenters. The second-order valence-electron chi connectivity index (χ2n) is 4.41. The number of rotatable bonds is 6. The molecule has 0 aromatic heterocycles. The average molecular weight is 219 g/mol. The maximum absolute atomic E-state index is 5.49. The zero-order valence-electron chi connectivity index (χ0n) is 10.0. The summed E-state index contributed by atoms with van der Waals surface area (Å²) >= 11 is 0. The second-order valence-corrected chi connectivity index (χ2v) is 4.41. The molecule has 1 aliphatic rings. The van der Waals surface area contributed by atoms with Crippen LogP contribution in [0.3, 0.4) is 0 Å². The molecule has 0 amide bonds. The van der Waals surface area contributed by atoms with Gasteiger partial charge in [0.1, 0.15) is 5.75 Å². The van der Waals surface area contributed by atoms with Crippen molar-refractivity contribution in [2.45, 2.75) is 38.6 Å². The van der Waals surface area contributed by atoms with E-state index in [4.69, 9.17) is 4.74 Å². The molecule has 1 aliphatic carbocycles. The van der Waals surface area contributed by atoms with Gasteiger partial charge in [0.25, 0.3) is 0 Å². The van der Waals surface area contributed by atoms with Crippen molar-refractivity contribution >= 4 is 0 Å². The van der Waals surface area contributed by atoms with Crippen LogP contribution < -0.4 is 10.1 Å². The summed E-state index contributed by atoms with van der Waals surface area (Å²) in [6.45, 7) is 3.84. The number of nitrogens with one attached hydrogen (secondary N) is 1. The Morgan fingerprint density at radius 2 is 2.25 bits per heavy atom. The first-order chi connectivity index (χ1) is 7.88. The van der Waals surface area contributed by atoms with E-state index < -0.39 is 0 Å². The summed E-state index contributed by atoms with van der Waals surface area (Å²) in [6.07, 6.45) is 5.22. The van der Waals surface area contributed by atoms with E-state index in [-0.39, 0.29) is 0 Å². The van der Waals surface area contributed by atoms with E-state index in [9.17, 15) is 0 Å². The highest BCUT2D eigenvalue weighted by atomic mass is 16.5. The maximum atomic E-state index is 5.49. The highest BCUT2D eigenvalue weighted by Gasteiger charge is 2.15. The van der Waals surface area contributed by atoms with Gasteiger partial charge >= 0.3 is 0 Å². The van der Waals surface area contributed by atoms with Gasteiger partial charge in [-0.25, -0.2) is 0 Å². The van der Waals surface area contributed by atoms with E-state index in [1.165, 1.54) is 24.8 Å². The summed E-state index contributed by atoms with van der Waals surface area (Å²) in [5, 5.41) is 3.58. The highest BCUT2D eigenvalue weighted by Crippen LogP contribution is 2.18. The summed E-state index contributed by atoms with van der Waals surface area (Å²) < 4.78 is 5.49. The zero-order chi connectivity index (χ0) is 11.2. The Bertz CT molecular complexity index is 320. The molecule has 1 fully saturated rings. The molecule has 1 aromatic rings. The van der Waals surface area contributed by atoms with Gasteiger partial charge < -0.3 is 10.1 Å². The van der Waals surface area contributed by atoms with E-state index in [0.29, 0.717) is 0 Å². The minimum atomic E-state index is 0.740. The van der Waals surface area contributed by atoms with Gasteiger partial charge in [-0.2, -0.15) is 0 Å². The summed E-state index contributed by atoms with van der Waals surface area (Å²) in [4.78, 5) is 0. The molecule has 0 bridgehead atoms. The number of hydrogen-bond acceptors (Lipinski definition) is 2. The number of benzene rings is 1. The minimum absolute atomic E-state index is 0.740. The van der Waals surface area contributed by atoms with Gasteiger partial charge in [0.15, 0.2) is 0 Å². The molecule has 1 N–H and O–H groups in total. The maximum Gasteiger partial charge on any atom is 0.119 e. The van der Waals surface area contributed by atoms with Crippen molar-refractivity contribution in [3.8, 4) is 5.75 Å². The van der Waals surface area contributed by atoms with Crippen molar-refractivity contribution < 1.29 is 4.74 Å². The van der Waals surface area contributed by atoms with Crippen LogP contribution in [-0.4, -0.2) is 19.2 Å². The molecule has 1 aromatic carbocycles. The van der Waals surface area contributed by atoms with Gasteiger partial charge in [-0.1, -0.05) is 18.6 Å². The first-order valence-electron chi connectivity index (χ1n) is 6.33. The highest BCUT2D eigenvalue weighted by molar-refractivity contribution is 5.28. The molecule has 16 heavy (non-hydrogen) atoms. The summed E-state index contributed by atoms with van der Waals surface area (Å²) in [5.41, 5.74) is 1.36. The van der Waals surface area contributed by atoms with Crippen LogP contribution in [-0.2, 0) is 6.42 Å². The normalized spacial score (nSPS) is 15.8. The lowest BCUT2D eigenvalue weighted by atomic mass is 9.93. The number of hydrogen-bond donors (Lipinski definition) is 1. The van der Waals surface area contributed by atoms with E-state index in [1.54, 1.807) is 0 Å². The lowest BCUT2D eigenvalue weighted by molar-refractivity contribution is 0.338. The third-order valence-electron chi connectivity index (χ3n) is 3.16. The van der Waals surface area contributed by atoms with Gasteiger partial charge in [0, 0.05) is 6.04 Å². The molecular formula is C14H21NO. The van der Waals surface area contributed by atoms with Crippen LogP contribution in [0, 0.1) is 0 Å². The summed E-state index contributed by atoms with van der Waals surface area (Å²) in [7, 11) is 0. The fourth-order valence-electron chi connectivity index (χ4n) is 1.99. The third kappa shape index (κ3) is 3.24. The van der Waals surface area contributed by atoms with Gasteiger partial charge in [0.05, 0.1) is 6.61 Å². The fraction of sp³-hybridized carbons (Fsp3) is 0.571. The summed E-state index contributed by atoms with van der Waals surface area (Å²) in [5.74, 6) is 0.989. The molecular weight excluding hydrogens is 198 g/mol. The largest absolute Gasteiger partial charge is 0.494 e. The van der Waals surface area contributed by atoms with Crippen LogP contribution in [0.1, 0.15) is 31.7 Å². The van der Waals surface area contributed by atoms with Crippen molar-refractivity contribution in [3.05, 3.63) is 29.8 Å². The topological polar surface area (TPSA) is 21.3 Å². The predicted octanol–water partition coefficient (Wildman–Crippen LogP) is 2.77. The third-order valence-corrected chi connectivity index (χ3v) is 3.16. The van der Waals surface area contributed by atoms with Crippen molar-refractivity contribution in [1.29, 1.82) is 0 Å². The molecule has 0 heterocycles. The molecule has 2 rings (SSSR count). The number of ether oxygens (including phenoxy) is 1. The second kappa shape index (κ2) is 5.90. The van der Waals surface area contributed by atoms with Crippen LogP contribution in [0.2, 0.25) is 0 Å². The Morgan fingerprint density at radius 1 is 1.38 bits per heavy atom. The Hall–Kier alpha value is -1.02. The van der Waals surface area contributed by atoms with Crippen molar-refractivity contribution in [2.24, 2.45) is 0 Å². The Labute approximate surface area is 98.0 Å². The van der Waals surface area contributed by atoms with Gasteiger partial charge in [-0.05, 0) is 50.4 Å². The Morgan fingerprint density at radius 3 is 2.94 bits per heavy atom. The SMILES string of the molecule is CCOc1cccc(CCNC2CCC2)c1. The summed E-state index contributed by atoms with van der Waals surface area (Å²) in [6, 6.07) is 9.20. The molecule has 0 unspecified atom stereocenters. The Balaban J connectivity index is 1.76. The van der Waals surface area contributed by atoms with Crippen molar-refractivity contribution in [3.63, 3.8) is 0 Å². The molecule has 1 saturated carbocycles. The van der Waals surface area contributed by atoms with Gasteiger partial charge in [0.2, 0.25) is 0 Å². The molecule has 88 valence electrons. The Kier molecular flexibility index (Phi) is 4.23. The lowest BCUT2D eigenvalue weighted by Crippen LogP contribution is -2.36. The quantitative estimate of drug-likeness (QED) is 0.794. The molecule has 0 saturated heterocycles. The molecule has 0 aliphatic heterocycles. The van der Waals surface area contributed by atoms with Crippen LogP contribution in [0.15, 0.2) is 24.3 Å². The van der Waals surface area contributed by atoms with E-state index in [1.807, 2.05) is 13.0 Å². The van der Waals surface area contributed by atoms with Crippen LogP contribution in [0.25, 0.3) is 0 Å². The first kappa shape index (κ1) is 11.5. The zero-order valence-corrected chi connectivity index (χ0v) is 10.0. The van der Waals surface area contributed by atoms with Crippen LogP contribution in [0.4, 0.5) is 0 Å². The first-order valence-corrected chi connectivity index (χ1v) is 6.33. The average Bonchev–Trinajstić information content (AvgIpc) is 2.23. The van der Waals surface area contributed by atoms with Gasteiger partial charge in [-0.15, -0.1) is 0 Å². The smallest absolute Gasteiger partial charge is 0.119 e. The fourth-order valence-corrected chi connectivity index (χ4v) is 1.99. The predicted molar refractivity (Wildman–Crippen MR) is 67.0 cm³/mol. The molecule has 2 heteroatoms.